The van der Waals surface area contributed by atoms with Gasteiger partial charge in [-0.05, 0) is 11.6 Å². The molecule has 0 fully saturated rings. The first-order valence-corrected chi connectivity index (χ1v) is 8.13. The van der Waals surface area contributed by atoms with E-state index in [-0.39, 0.29) is 11.0 Å². The summed E-state index contributed by atoms with van der Waals surface area (Å²) in [4.78, 5) is 15.5. The van der Waals surface area contributed by atoms with Crippen LogP contribution in [0.3, 0.4) is 0 Å². The van der Waals surface area contributed by atoms with Crippen molar-refractivity contribution in [1.29, 1.82) is 0 Å². The van der Waals surface area contributed by atoms with Crippen LogP contribution in [0.2, 0.25) is 0 Å². The number of nitrogens with two attached hydrogens (primary N) is 1. The van der Waals surface area contributed by atoms with Crippen LogP contribution in [0.25, 0.3) is 23.0 Å². The first-order chi connectivity index (χ1) is 11.8. The van der Waals surface area contributed by atoms with E-state index in [1.165, 1.54) is 0 Å². The Kier molecular flexibility index (Phi) is 4.08. The molecule has 0 saturated heterocycles. The molecule has 0 unspecified atom stereocenters. The second-order valence-electron chi connectivity index (χ2n) is 7.00. The fourth-order valence-electron chi connectivity index (χ4n) is 2.64. The molecule has 0 bridgehead atoms. The number of aromatic nitrogens is 3. The van der Waals surface area contributed by atoms with Gasteiger partial charge in [0.25, 0.3) is 5.56 Å². The van der Waals surface area contributed by atoms with Crippen LogP contribution in [0.5, 0.6) is 0 Å². The smallest absolute Gasteiger partial charge is 0.257 e. The zero-order chi connectivity index (χ0) is 18.2. The van der Waals surface area contributed by atoms with Gasteiger partial charge in [-0.25, -0.2) is 4.68 Å². The van der Waals surface area contributed by atoms with Crippen molar-refractivity contribution in [2.45, 2.75) is 26.2 Å². The molecule has 0 saturated carbocycles. The van der Waals surface area contributed by atoms with Gasteiger partial charge < -0.3 is 10.7 Å². The third-order valence-corrected chi connectivity index (χ3v) is 4.07. The lowest BCUT2D eigenvalue weighted by atomic mass is 9.92. The van der Waals surface area contributed by atoms with Crippen LogP contribution < -0.4 is 11.3 Å². The lowest BCUT2D eigenvalue weighted by molar-refractivity contribution is 0.559. The highest BCUT2D eigenvalue weighted by atomic mass is 16.1. The van der Waals surface area contributed by atoms with Crippen LogP contribution in [0.4, 0.5) is 5.82 Å². The standard InChI is InChI=1S/C20H22N4O/c1-5-13-11-15(14-9-7-6-8-10-14)19(25)22-18(13)24-17(21)12-16(23-24)20(2,3)4/h5-12H,1,21H2,2-4H3,(H,22,25). The Morgan fingerprint density at radius 3 is 2.44 bits per heavy atom. The summed E-state index contributed by atoms with van der Waals surface area (Å²) in [7, 11) is 0. The van der Waals surface area contributed by atoms with Crippen LogP contribution >= 0.6 is 0 Å². The molecule has 0 aliphatic carbocycles. The van der Waals surface area contributed by atoms with Gasteiger partial charge in [-0.15, -0.1) is 0 Å². The zero-order valence-corrected chi connectivity index (χ0v) is 14.7. The van der Waals surface area contributed by atoms with Crippen molar-refractivity contribution in [3.05, 3.63) is 70.7 Å². The average molecular weight is 334 g/mol. The van der Waals surface area contributed by atoms with Gasteiger partial charge in [-0.2, -0.15) is 5.10 Å². The molecule has 3 N–H and O–H groups in total. The minimum absolute atomic E-state index is 0.141. The number of aromatic amines is 1. The van der Waals surface area contributed by atoms with E-state index >= 15 is 0 Å². The molecule has 1 aromatic carbocycles. The molecule has 3 aromatic rings. The molecule has 2 heterocycles. The molecule has 5 nitrogen and oxygen atoms in total. The van der Waals surface area contributed by atoms with Crippen molar-refractivity contribution in [3.8, 4) is 16.9 Å². The highest BCUT2D eigenvalue weighted by Gasteiger charge is 2.21. The fraction of sp³-hybridized carbons (Fsp3) is 0.200. The van der Waals surface area contributed by atoms with Crippen LogP contribution in [0.15, 0.2) is 53.8 Å². The minimum atomic E-state index is -0.195. The predicted molar refractivity (Wildman–Crippen MR) is 103 cm³/mol. The largest absolute Gasteiger partial charge is 0.384 e. The number of nitrogens with one attached hydrogen (secondary N) is 1. The Morgan fingerprint density at radius 2 is 1.88 bits per heavy atom. The molecule has 0 aliphatic heterocycles. The van der Waals surface area contributed by atoms with Gasteiger partial charge in [0.05, 0.1) is 5.69 Å². The number of hydrogen-bond acceptors (Lipinski definition) is 3. The second-order valence-corrected chi connectivity index (χ2v) is 7.00. The lowest BCUT2D eigenvalue weighted by Crippen LogP contribution is -2.17. The summed E-state index contributed by atoms with van der Waals surface area (Å²) in [6, 6.07) is 13.2. The van der Waals surface area contributed by atoms with E-state index < -0.39 is 0 Å². The number of nitrogen functional groups attached to an aromatic ring is 1. The third-order valence-electron chi connectivity index (χ3n) is 4.07. The Morgan fingerprint density at radius 1 is 1.20 bits per heavy atom. The highest BCUT2D eigenvalue weighted by Crippen LogP contribution is 2.26. The van der Waals surface area contributed by atoms with E-state index in [1.54, 1.807) is 10.8 Å². The van der Waals surface area contributed by atoms with Crippen molar-refractivity contribution in [3.63, 3.8) is 0 Å². The van der Waals surface area contributed by atoms with Crippen molar-refractivity contribution in [2.75, 3.05) is 5.73 Å². The van der Waals surface area contributed by atoms with Gasteiger partial charge in [0, 0.05) is 22.6 Å². The topological polar surface area (TPSA) is 76.7 Å². The SMILES string of the molecule is C=Cc1cc(-c2ccccc2)c(=O)[nH]c1-n1nc(C(C)(C)C)cc1N. The van der Waals surface area contributed by atoms with Crippen LogP contribution in [0.1, 0.15) is 32.0 Å². The maximum atomic E-state index is 12.6. The molecule has 2 aromatic heterocycles. The summed E-state index contributed by atoms with van der Waals surface area (Å²) in [6.45, 7) is 10.1. The first-order valence-electron chi connectivity index (χ1n) is 8.13. The van der Waals surface area contributed by atoms with Gasteiger partial charge in [0.15, 0.2) is 0 Å². The van der Waals surface area contributed by atoms with Crippen LogP contribution in [-0.4, -0.2) is 14.8 Å². The summed E-state index contributed by atoms with van der Waals surface area (Å²) < 4.78 is 1.56. The Hall–Kier alpha value is -3.08. The summed E-state index contributed by atoms with van der Waals surface area (Å²) in [6.07, 6.45) is 1.69. The molecule has 128 valence electrons. The number of anilines is 1. The molecule has 0 aliphatic rings. The number of nitrogens with zero attached hydrogens (tertiary/aromatic N) is 2. The quantitative estimate of drug-likeness (QED) is 0.766. The highest BCUT2D eigenvalue weighted by molar-refractivity contribution is 5.69. The van der Waals surface area contributed by atoms with Crippen LogP contribution in [0, 0.1) is 0 Å². The van der Waals surface area contributed by atoms with Gasteiger partial charge in [0.2, 0.25) is 0 Å². The first kappa shape index (κ1) is 16.8. The fourth-order valence-corrected chi connectivity index (χ4v) is 2.64. The number of benzene rings is 1. The molecule has 0 spiro atoms. The van der Waals surface area contributed by atoms with Crippen molar-refractivity contribution >= 4 is 11.9 Å². The van der Waals surface area contributed by atoms with Crippen LogP contribution in [-0.2, 0) is 5.41 Å². The van der Waals surface area contributed by atoms with Gasteiger partial charge in [-0.3, -0.25) is 4.79 Å². The molecule has 0 radical (unpaired) electrons. The van der Waals surface area contributed by atoms with Crippen molar-refractivity contribution < 1.29 is 0 Å². The summed E-state index contributed by atoms with van der Waals surface area (Å²) in [5.41, 5.74) is 8.85. The van der Waals surface area contributed by atoms with Gasteiger partial charge in [-0.1, -0.05) is 63.8 Å². The van der Waals surface area contributed by atoms with E-state index in [1.807, 2.05) is 42.5 Å². The zero-order valence-electron chi connectivity index (χ0n) is 14.7. The van der Waals surface area contributed by atoms with E-state index in [0.717, 1.165) is 16.8 Å². The Bertz CT molecular complexity index is 975. The van der Waals surface area contributed by atoms with Gasteiger partial charge in [0.1, 0.15) is 11.6 Å². The van der Waals surface area contributed by atoms with E-state index in [0.29, 0.717) is 17.2 Å². The molecule has 5 heteroatoms. The maximum Gasteiger partial charge on any atom is 0.257 e. The van der Waals surface area contributed by atoms with Crippen molar-refractivity contribution in [1.82, 2.24) is 14.8 Å². The number of pyridine rings is 1. The van der Waals surface area contributed by atoms with Gasteiger partial charge >= 0.3 is 0 Å². The molecular formula is C20H22N4O. The molecule has 25 heavy (non-hydrogen) atoms. The molecule has 3 rings (SSSR count). The lowest BCUT2D eigenvalue weighted by Gasteiger charge is -2.14. The van der Waals surface area contributed by atoms with E-state index in [4.69, 9.17) is 5.73 Å². The maximum absolute atomic E-state index is 12.6. The Labute approximate surface area is 146 Å². The van der Waals surface area contributed by atoms with E-state index in [9.17, 15) is 4.79 Å². The van der Waals surface area contributed by atoms with E-state index in [2.05, 4.69) is 37.4 Å². The summed E-state index contributed by atoms with van der Waals surface area (Å²) >= 11 is 0. The predicted octanol–water partition coefficient (Wildman–Crippen LogP) is 3.75. The molecule has 0 atom stereocenters. The average Bonchev–Trinajstić information content (AvgIpc) is 2.97. The summed E-state index contributed by atoms with van der Waals surface area (Å²) in [5, 5.41) is 4.58. The summed E-state index contributed by atoms with van der Waals surface area (Å²) in [5.74, 6) is 0.990. The van der Waals surface area contributed by atoms with Crippen molar-refractivity contribution in [2.24, 2.45) is 0 Å². The minimum Gasteiger partial charge on any atom is -0.384 e. The Balaban J connectivity index is 2.19. The number of rotatable bonds is 3. The number of H-pyrrole nitrogens is 1. The molecular weight excluding hydrogens is 312 g/mol. The normalized spacial score (nSPS) is 11.5. The number of hydrogen-bond donors (Lipinski definition) is 2. The third kappa shape index (κ3) is 3.13. The monoisotopic (exact) mass is 334 g/mol. The second kappa shape index (κ2) is 6.09. The molecule has 0 amide bonds.